The fraction of sp³-hybridized carbons (Fsp3) is 0.176. The Morgan fingerprint density at radius 2 is 1.78 bits per heavy atom. The van der Waals surface area contributed by atoms with Gasteiger partial charge in [0.2, 0.25) is 0 Å². The van der Waals surface area contributed by atoms with Crippen LogP contribution >= 0.6 is 0 Å². The summed E-state index contributed by atoms with van der Waals surface area (Å²) in [6.07, 6.45) is 0.0400. The molecular formula is C17H15F2NO3. The molecule has 0 radical (unpaired) electrons. The number of hydrogen-bond donors (Lipinski definition) is 2. The van der Waals surface area contributed by atoms with Crippen LogP contribution in [0.2, 0.25) is 0 Å². The first kappa shape index (κ1) is 16.6. The zero-order valence-corrected chi connectivity index (χ0v) is 12.3. The van der Waals surface area contributed by atoms with Crippen molar-refractivity contribution in [3.8, 4) is 0 Å². The lowest BCUT2D eigenvalue weighted by Gasteiger charge is -2.15. The predicted octanol–water partition coefficient (Wildman–Crippen LogP) is 2.70. The minimum Gasteiger partial charge on any atom is -0.480 e. The molecule has 0 spiro atoms. The van der Waals surface area contributed by atoms with Crippen LogP contribution in [0.1, 0.15) is 21.5 Å². The molecule has 2 rings (SSSR count). The number of nitrogens with one attached hydrogen (secondary N) is 1. The molecule has 0 aromatic heterocycles. The highest BCUT2D eigenvalue weighted by molar-refractivity contribution is 5.96. The number of aryl methyl sites for hydroxylation is 1. The van der Waals surface area contributed by atoms with Gasteiger partial charge in [0.05, 0.1) is 5.56 Å². The van der Waals surface area contributed by atoms with Gasteiger partial charge < -0.3 is 10.4 Å². The SMILES string of the molecule is Cc1ccc(C[C@@H](NC(=O)c2cccc(F)c2F)C(=O)O)cc1. The monoisotopic (exact) mass is 319 g/mol. The molecular weight excluding hydrogens is 304 g/mol. The van der Waals surface area contributed by atoms with Gasteiger partial charge >= 0.3 is 5.97 Å². The molecule has 1 atom stereocenters. The molecule has 0 bridgehead atoms. The third kappa shape index (κ3) is 4.12. The lowest BCUT2D eigenvalue weighted by Crippen LogP contribution is -2.42. The van der Waals surface area contributed by atoms with E-state index in [1.54, 1.807) is 12.1 Å². The van der Waals surface area contributed by atoms with Gasteiger partial charge in [-0.3, -0.25) is 4.79 Å². The van der Waals surface area contributed by atoms with Gasteiger partial charge in [-0.15, -0.1) is 0 Å². The second kappa shape index (κ2) is 7.00. The maximum atomic E-state index is 13.6. The molecule has 2 aromatic rings. The van der Waals surface area contributed by atoms with Crippen LogP contribution in [0, 0.1) is 18.6 Å². The van der Waals surface area contributed by atoms with E-state index in [-0.39, 0.29) is 6.42 Å². The van der Waals surface area contributed by atoms with Crippen LogP contribution < -0.4 is 5.32 Å². The number of hydrogen-bond acceptors (Lipinski definition) is 2. The molecule has 0 aliphatic carbocycles. The van der Waals surface area contributed by atoms with Crippen molar-refractivity contribution in [1.29, 1.82) is 0 Å². The molecule has 0 unspecified atom stereocenters. The zero-order chi connectivity index (χ0) is 17.0. The summed E-state index contributed by atoms with van der Waals surface area (Å²) < 4.78 is 26.7. The molecule has 0 saturated heterocycles. The Morgan fingerprint density at radius 3 is 2.39 bits per heavy atom. The van der Waals surface area contributed by atoms with Gasteiger partial charge in [0.25, 0.3) is 5.91 Å². The molecule has 23 heavy (non-hydrogen) atoms. The largest absolute Gasteiger partial charge is 0.480 e. The third-order valence-electron chi connectivity index (χ3n) is 3.36. The summed E-state index contributed by atoms with van der Waals surface area (Å²) in [5.74, 6) is -4.69. The number of benzene rings is 2. The van der Waals surface area contributed by atoms with E-state index in [0.717, 1.165) is 17.7 Å². The highest BCUT2D eigenvalue weighted by Gasteiger charge is 2.23. The molecule has 120 valence electrons. The van der Waals surface area contributed by atoms with Crippen molar-refractivity contribution in [2.75, 3.05) is 0 Å². The second-order valence-corrected chi connectivity index (χ2v) is 5.16. The van der Waals surface area contributed by atoms with Crippen LogP contribution in [0.3, 0.4) is 0 Å². The van der Waals surface area contributed by atoms with Crippen LogP contribution in [0.25, 0.3) is 0 Å². The maximum absolute atomic E-state index is 13.6. The van der Waals surface area contributed by atoms with Gasteiger partial charge in [-0.1, -0.05) is 35.9 Å². The number of halogens is 2. The molecule has 0 aliphatic heterocycles. The van der Waals surface area contributed by atoms with E-state index in [9.17, 15) is 23.5 Å². The molecule has 2 N–H and O–H groups in total. The average molecular weight is 319 g/mol. The number of carbonyl (C=O) groups excluding carboxylic acids is 1. The van der Waals surface area contributed by atoms with Gasteiger partial charge in [0.1, 0.15) is 6.04 Å². The minimum atomic E-state index is -1.30. The number of amides is 1. The van der Waals surface area contributed by atoms with Crippen molar-refractivity contribution in [3.05, 3.63) is 70.8 Å². The topological polar surface area (TPSA) is 66.4 Å². The van der Waals surface area contributed by atoms with E-state index in [0.29, 0.717) is 5.56 Å². The van der Waals surface area contributed by atoms with Crippen molar-refractivity contribution in [1.82, 2.24) is 5.32 Å². The van der Waals surface area contributed by atoms with Crippen LogP contribution in [0.4, 0.5) is 8.78 Å². The van der Waals surface area contributed by atoms with Gasteiger partial charge in [-0.2, -0.15) is 0 Å². The van der Waals surface area contributed by atoms with Crippen molar-refractivity contribution in [2.24, 2.45) is 0 Å². The smallest absolute Gasteiger partial charge is 0.326 e. The standard InChI is InChI=1S/C17H15F2NO3/c1-10-5-7-11(8-6-10)9-14(17(22)23)20-16(21)12-3-2-4-13(18)15(12)19/h2-8,14H,9H2,1H3,(H,20,21)(H,22,23)/t14-/m1/s1. The van der Waals surface area contributed by atoms with Gasteiger partial charge in [-0.05, 0) is 24.6 Å². The normalized spacial score (nSPS) is 11.8. The highest BCUT2D eigenvalue weighted by atomic mass is 19.2. The van der Waals surface area contributed by atoms with Crippen LogP contribution in [0.15, 0.2) is 42.5 Å². The average Bonchev–Trinajstić information content (AvgIpc) is 2.51. The highest BCUT2D eigenvalue weighted by Crippen LogP contribution is 2.12. The maximum Gasteiger partial charge on any atom is 0.326 e. The van der Waals surface area contributed by atoms with Gasteiger partial charge in [0.15, 0.2) is 11.6 Å². The predicted molar refractivity (Wildman–Crippen MR) is 80.1 cm³/mol. The van der Waals surface area contributed by atoms with E-state index in [4.69, 9.17) is 0 Å². The molecule has 4 nitrogen and oxygen atoms in total. The first-order chi connectivity index (χ1) is 10.9. The third-order valence-corrected chi connectivity index (χ3v) is 3.36. The summed E-state index contributed by atoms with van der Waals surface area (Å²) in [5, 5.41) is 11.4. The van der Waals surface area contributed by atoms with Crippen molar-refractivity contribution < 1.29 is 23.5 Å². The van der Waals surface area contributed by atoms with E-state index < -0.39 is 35.1 Å². The quantitative estimate of drug-likeness (QED) is 0.890. The van der Waals surface area contributed by atoms with E-state index in [1.165, 1.54) is 6.07 Å². The second-order valence-electron chi connectivity index (χ2n) is 5.16. The van der Waals surface area contributed by atoms with Crippen molar-refractivity contribution >= 4 is 11.9 Å². The Kier molecular flexibility index (Phi) is 5.05. The minimum absolute atomic E-state index is 0.0400. The van der Waals surface area contributed by atoms with Gasteiger partial charge in [-0.25, -0.2) is 13.6 Å². The van der Waals surface area contributed by atoms with Crippen molar-refractivity contribution in [3.63, 3.8) is 0 Å². The summed E-state index contributed by atoms with van der Waals surface area (Å²) >= 11 is 0. The van der Waals surface area contributed by atoms with Crippen LogP contribution in [-0.4, -0.2) is 23.0 Å². The fourth-order valence-corrected chi connectivity index (χ4v) is 2.08. The van der Waals surface area contributed by atoms with Gasteiger partial charge in [0, 0.05) is 6.42 Å². The number of carboxylic acids is 1. The molecule has 2 aromatic carbocycles. The lowest BCUT2D eigenvalue weighted by atomic mass is 10.0. The summed E-state index contributed by atoms with van der Waals surface area (Å²) in [5.41, 5.74) is 1.20. The van der Waals surface area contributed by atoms with E-state index >= 15 is 0 Å². The summed E-state index contributed by atoms with van der Waals surface area (Å²) in [4.78, 5) is 23.3. The van der Waals surface area contributed by atoms with E-state index in [1.807, 2.05) is 19.1 Å². The van der Waals surface area contributed by atoms with Crippen LogP contribution in [0.5, 0.6) is 0 Å². The van der Waals surface area contributed by atoms with Crippen molar-refractivity contribution in [2.45, 2.75) is 19.4 Å². The molecule has 0 fully saturated rings. The zero-order valence-electron chi connectivity index (χ0n) is 12.3. The molecule has 0 heterocycles. The Balaban J connectivity index is 2.16. The van der Waals surface area contributed by atoms with E-state index in [2.05, 4.69) is 5.32 Å². The Labute approximate surface area is 131 Å². The molecule has 0 saturated carbocycles. The number of rotatable bonds is 5. The Morgan fingerprint density at radius 1 is 1.13 bits per heavy atom. The first-order valence-electron chi connectivity index (χ1n) is 6.91. The Bertz CT molecular complexity index is 729. The lowest BCUT2D eigenvalue weighted by molar-refractivity contribution is -0.139. The fourth-order valence-electron chi connectivity index (χ4n) is 2.08. The molecule has 1 amide bonds. The Hall–Kier alpha value is -2.76. The number of carboxylic acid groups (broad SMARTS) is 1. The van der Waals surface area contributed by atoms with Crippen LogP contribution in [-0.2, 0) is 11.2 Å². The molecule has 6 heteroatoms. The summed E-state index contributed by atoms with van der Waals surface area (Å²) in [6.45, 7) is 1.90. The molecule has 0 aliphatic rings. The number of aliphatic carboxylic acids is 1. The first-order valence-corrected chi connectivity index (χ1v) is 6.91. The summed E-state index contributed by atoms with van der Waals surface area (Å²) in [6, 6.07) is 9.06. The number of carbonyl (C=O) groups is 2. The summed E-state index contributed by atoms with van der Waals surface area (Å²) in [7, 11) is 0.